The first kappa shape index (κ1) is 17.1. The van der Waals surface area contributed by atoms with Crippen molar-refractivity contribution in [3.8, 4) is 0 Å². The Morgan fingerprint density at radius 2 is 1.76 bits per heavy atom. The lowest BCUT2D eigenvalue weighted by atomic mass is 9.93. The van der Waals surface area contributed by atoms with Crippen LogP contribution in [-0.2, 0) is 0 Å². The van der Waals surface area contributed by atoms with Gasteiger partial charge in [0.15, 0.2) is 0 Å². The number of hydrogen-bond acceptors (Lipinski definition) is 3. The first-order chi connectivity index (χ1) is 7.70. The molecule has 0 fully saturated rings. The standard InChI is InChI=1S/C11H23F3N2S/c1-4-5-16(9-10(2,3)8-15)6-7-17-11(12,13)14/h4-9,15H2,1-3H3. The Balaban J connectivity index is 4.07. The zero-order valence-corrected chi connectivity index (χ0v) is 11.6. The zero-order chi connectivity index (χ0) is 13.5. The highest BCUT2D eigenvalue weighted by Gasteiger charge is 2.28. The molecule has 0 aliphatic carbocycles. The number of hydrogen-bond donors (Lipinski definition) is 1. The third-order valence-electron chi connectivity index (χ3n) is 2.42. The van der Waals surface area contributed by atoms with Crippen molar-refractivity contribution in [1.82, 2.24) is 4.90 Å². The summed E-state index contributed by atoms with van der Waals surface area (Å²) in [5.74, 6) is 0.0875. The molecule has 2 N–H and O–H groups in total. The Kier molecular flexibility index (Phi) is 7.51. The van der Waals surface area contributed by atoms with Crippen LogP contribution in [0.5, 0.6) is 0 Å². The van der Waals surface area contributed by atoms with Gasteiger partial charge in [-0.1, -0.05) is 20.8 Å². The van der Waals surface area contributed by atoms with Crippen LogP contribution in [0.15, 0.2) is 0 Å². The summed E-state index contributed by atoms with van der Waals surface area (Å²) in [5.41, 5.74) is 1.47. The van der Waals surface area contributed by atoms with Gasteiger partial charge in [-0.25, -0.2) is 0 Å². The number of nitrogens with zero attached hydrogens (tertiary/aromatic N) is 1. The van der Waals surface area contributed by atoms with Gasteiger partial charge in [0.05, 0.1) is 0 Å². The van der Waals surface area contributed by atoms with E-state index >= 15 is 0 Å². The highest BCUT2D eigenvalue weighted by atomic mass is 32.2. The molecule has 0 aliphatic heterocycles. The van der Waals surface area contributed by atoms with Crippen molar-refractivity contribution in [2.75, 3.05) is 31.9 Å². The van der Waals surface area contributed by atoms with Gasteiger partial charge in [-0.05, 0) is 36.7 Å². The fraction of sp³-hybridized carbons (Fsp3) is 1.00. The van der Waals surface area contributed by atoms with E-state index in [0.29, 0.717) is 13.1 Å². The number of thioether (sulfide) groups is 1. The van der Waals surface area contributed by atoms with Gasteiger partial charge >= 0.3 is 5.51 Å². The molecule has 104 valence electrons. The van der Waals surface area contributed by atoms with Crippen molar-refractivity contribution in [3.05, 3.63) is 0 Å². The lowest BCUT2D eigenvalue weighted by Gasteiger charge is -2.31. The lowest BCUT2D eigenvalue weighted by Crippen LogP contribution is -2.40. The normalized spacial score (nSPS) is 13.4. The molecular weight excluding hydrogens is 249 g/mol. The quantitative estimate of drug-likeness (QED) is 0.736. The molecule has 6 heteroatoms. The minimum Gasteiger partial charge on any atom is -0.330 e. The van der Waals surface area contributed by atoms with Crippen LogP contribution >= 0.6 is 11.8 Å². The summed E-state index contributed by atoms with van der Waals surface area (Å²) >= 11 is 0.0484. The number of nitrogens with two attached hydrogens (primary N) is 1. The summed E-state index contributed by atoms with van der Waals surface area (Å²) in [4.78, 5) is 2.06. The van der Waals surface area contributed by atoms with Crippen molar-refractivity contribution in [3.63, 3.8) is 0 Å². The second kappa shape index (κ2) is 7.48. The van der Waals surface area contributed by atoms with E-state index < -0.39 is 5.51 Å². The summed E-state index contributed by atoms with van der Waals surface area (Å²) in [7, 11) is 0. The van der Waals surface area contributed by atoms with Crippen LogP contribution in [0.25, 0.3) is 0 Å². The van der Waals surface area contributed by atoms with E-state index in [1.54, 1.807) is 0 Å². The molecule has 0 aliphatic rings. The van der Waals surface area contributed by atoms with Crippen LogP contribution in [0.1, 0.15) is 27.2 Å². The summed E-state index contributed by atoms with van der Waals surface area (Å²) in [5, 5.41) is 0. The Morgan fingerprint density at radius 3 is 2.18 bits per heavy atom. The number of halogens is 3. The van der Waals surface area contributed by atoms with Crippen LogP contribution in [0.3, 0.4) is 0 Å². The van der Waals surface area contributed by atoms with Crippen molar-refractivity contribution >= 4 is 11.8 Å². The molecule has 0 saturated carbocycles. The van der Waals surface area contributed by atoms with E-state index in [4.69, 9.17) is 5.73 Å². The van der Waals surface area contributed by atoms with Gasteiger partial charge in [-0.2, -0.15) is 13.2 Å². The summed E-state index contributed by atoms with van der Waals surface area (Å²) in [6, 6.07) is 0. The van der Waals surface area contributed by atoms with Gasteiger partial charge < -0.3 is 10.6 Å². The van der Waals surface area contributed by atoms with E-state index in [0.717, 1.165) is 19.5 Å². The predicted molar refractivity (Wildman–Crippen MR) is 68.1 cm³/mol. The maximum absolute atomic E-state index is 12.0. The molecule has 0 unspecified atom stereocenters. The van der Waals surface area contributed by atoms with Gasteiger partial charge in [0.25, 0.3) is 0 Å². The molecule has 0 spiro atoms. The van der Waals surface area contributed by atoms with Gasteiger partial charge in [0.2, 0.25) is 0 Å². The molecule has 0 rings (SSSR count). The van der Waals surface area contributed by atoms with Crippen LogP contribution in [0.4, 0.5) is 13.2 Å². The third-order valence-corrected chi connectivity index (χ3v) is 3.13. The average Bonchev–Trinajstić information content (AvgIpc) is 2.15. The predicted octanol–water partition coefficient (Wildman–Crippen LogP) is 2.94. The first-order valence-corrected chi connectivity index (χ1v) is 6.82. The second-order valence-electron chi connectivity index (χ2n) is 4.94. The zero-order valence-electron chi connectivity index (χ0n) is 10.8. The molecule has 0 bridgehead atoms. The SMILES string of the molecule is CCCN(CCSC(F)(F)F)CC(C)(C)CN. The molecule has 0 heterocycles. The first-order valence-electron chi connectivity index (χ1n) is 5.83. The summed E-state index contributed by atoms with van der Waals surface area (Å²) < 4.78 is 36.1. The highest BCUT2D eigenvalue weighted by molar-refractivity contribution is 8.00. The summed E-state index contributed by atoms with van der Waals surface area (Å²) in [6.45, 7) is 8.66. The van der Waals surface area contributed by atoms with Crippen molar-refractivity contribution in [2.45, 2.75) is 32.7 Å². The molecule has 0 radical (unpaired) electrons. The minimum absolute atomic E-state index is 0.0436. The fourth-order valence-electron chi connectivity index (χ4n) is 1.55. The molecular formula is C11H23F3N2S. The maximum Gasteiger partial charge on any atom is 0.441 e. The molecule has 0 aromatic heterocycles. The fourth-order valence-corrected chi connectivity index (χ4v) is 2.13. The van der Waals surface area contributed by atoms with Gasteiger partial charge in [0, 0.05) is 18.8 Å². The Morgan fingerprint density at radius 1 is 1.18 bits per heavy atom. The van der Waals surface area contributed by atoms with E-state index in [9.17, 15) is 13.2 Å². The topological polar surface area (TPSA) is 29.3 Å². The van der Waals surface area contributed by atoms with Crippen LogP contribution < -0.4 is 5.73 Å². The van der Waals surface area contributed by atoms with Crippen LogP contribution in [-0.4, -0.2) is 42.3 Å². The average molecular weight is 272 g/mol. The molecule has 0 saturated heterocycles. The van der Waals surface area contributed by atoms with Crippen molar-refractivity contribution in [1.29, 1.82) is 0 Å². The molecule has 17 heavy (non-hydrogen) atoms. The number of rotatable bonds is 8. The molecule has 2 nitrogen and oxygen atoms in total. The van der Waals surface area contributed by atoms with Crippen LogP contribution in [0.2, 0.25) is 0 Å². The summed E-state index contributed by atoms with van der Waals surface area (Å²) in [6.07, 6.45) is 0.942. The van der Waals surface area contributed by atoms with E-state index in [-0.39, 0.29) is 22.9 Å². The van der Waals surface area contributed by atoms with Crippen molar-refractivity contribution in [2.24, 2.45) is 11.1 Å². The van der Waals surface area contributed by atoms with E-state index in [1.165, 1.54) is 0 Å². The third kappa shape index (κ3) is 9.73. The van der Waals surface area contributed by atoms with E-state index in [2.05, 4.69) is 4.90 Å². The Labute approximate surface area is 106 Å². The molecule has 0 aromatic rings. The monoisotopic (exact) mass is 272 g/mol. The highest BCUT2D eigenvalue weighted by Crippen LogP contribution is 2.30. The molecule has 0 amide bonds. The van der Waals surface area contributed by atoms with Gasteiger partial charge in [-0.15, -0.1) is 0 Å². The minimum atomic E-state index is -4.12. The smallest absolute Gasteiger partial charge is 0.330 e. The number of alkyl halides is 3. The largest absolute Gasteiger partial charge is 0.441 e. The second-order valence-corrected chi connectivity index (χ2v) is 6.10. The van der Waals surface area contributed by atoms with Crippen molar-refractivity contribution < 1.29 is 13.2 Å². The van der Waals surface area contributed by atoms with Crippen LogP contribution in [0, 0.1) is 5.41 Å². The molecule has 0 atom stereocenters. The van der Waals surface area contributed by atoms with E-state index in [1.807, 2.05) is 20.8 Å². The Bertz CT molecular complexity index is 207. The maximum atomic E-state index is 12.0. The molecule has 0 aromatic carbocycles. The Hall–Kier alpha value is 0.0600. The van der Waals surface area contributed by atoms with Gasteiger partial charge in [0.1, 0.15) is 0 Å². The van der Waals surface area contributed by atoms with Gasteiger partial charge in [-0.3, -0.25) is 0 Å². The lowest BCUT2D eigenvalue weighted by molar-refractivity contribution is -0.0329.